The summed E-state index contributed by atoms with van der Waals surface area (Å²) in [4.78, 5) is 0. The van der Waals surface area contributed by atoms with Crippen LogP contribution in [-0.2, 0) is 6.54 Å². The highest BCUT2D eigenvalue weighted by atomic mass is 16.5. The molecule has 5 heteroatoms. The molecule has 0 radical (unpaired) electrons. The predicted molar refractivity (Wildman–Crippen MR) is 80.7 cm³/mol. The third-order valence-electron chi connectivity index (χ3n) is 2.62. The van der Waals surface area contributed by atoms with Crippen LogP contribution in [0.2, 0.25) is 0 Å². The maximum absolute atomic E-state index is 5.67. The Kier molecular flexibility index (Phi) is 7.84. The van der Waals surface area contributed by atoms with Crippen LogP contribution in [0.15, 0.2) is 12.1 Å². The van der Waals surface area contributed by atoms with Crippen molar-refractivity contribution in [2.24, 2.45) is 5.73 Å². The van der Waals surface area contributed by atoms with Gasteiger partial charge in [0.2, 0.25) is 5.75 Å². The molecule has 114 valence electrons. The van der Waals surface area contributed by atoms with Crippen molar-refractivity contribution in [3.05, 3.63) is 17.7 Å². The van der Waals surface area contributed by atoms with Gasteiger partial charge in [-0.1, -0.05) is 0 Å². The zero-order valence-corrected chi connectivity index (χ0v) is 12.7. The van der Waals surface area contributed by atoms with E-state index in [0.29, 0.717) is 32.1 Å². The molecule has 0 aromatic heterocycles. The van der Waals surface area contributed by atoms with E-state index < -0.39 is 0 Å². The lowest BCUT2D eigenvalue weighted by Gasteiger charge is -2.17. The van der Waals surface area contributed by atoms with E-state index in [2.05, 4.69) is 5.32 Å². The maximum atomic E-state index is 5.67. The Morgan fingerprint density at radius 2 is 1.50 bits per heavy atom. The molecule has 1 aromatic rings. The summed E-state index contributed by atoms with van der Waals surface area (Å²) in [5.41, 5.74) is 6.57. The molecule has 0 aliphatic rings. The quantitative estimate of drug-likeness (QED) is 0.642. The van der Waals surface area contributed by atoms with Crippen LogP contribution in [0.4, 0.5) is 0 Å². The molecular weight excluding hydrogens is 256 g/mol. The van der Waals surface area contributed by atoms with E-state index in [0.717, 1.165) is 30.2 Å². The summed E-state index contributed by atoms with van der Waals surface area (Å²) in [7, 11) is 0. The van der Waals surface area contributed by atoms with Crippen LogP contribution in [0.3, 0.4) is 0 Å². The molecule has 0 fully saturated rings. The summed E-state index contributed by atoms with van der Waals surface area (Å²) < 4.78 is 17.0. The molecule has 0 saturated heterocycles. The number of benzene rings is 1. The molecule has 20 heavy (non-hydrogen) atoms. The van der Waals surface area contributed by atoms with Crippen LogP contribution < -0.4 is 25.3 Å². The Hall–Kier alpha value is -1.46. The second-order valence-electron chi connectivity index (χ2n) is 4.19. The zero-order valence-electron chi connectivity index (χ0n) is 12.7. The zero-order chi connectivity index (χ0) is 14.8. The fourth-order valence-corrected chi connectivity index (χ4v) is 1.88. The van der Waals surface area contributed by atoms with Crippen molar-refractivity contribution in [2.75, 3.05) is 32.9 Å². The second-order valence-corrected chi connectivity index (χ2v) is 4.19. The van der Waals surface area contributed by atoms with E-state index in [9.17, 15) is 0 Å². The first-order chi connectivity index (χ1) is 9.76. The smallest absolute Gasteiger partial charge is 0.203 e. The SMILES string of the molecule is CCOc1cc(CNCCN)cc(OCC)c1OCC. The van der Waals surface area contributed by atoms with Gasteiger partial charge in [0.1, 0.15) is 0 Å². The molecule has 0 spiro atoms. The van der Waals surface area contributed by atoms with E-state index in [1.165, 1.54) is 0 Å². The lowest BCUT2D eigenvalue weighted by molar-refractivity contribution is 0.260. The van der Waals surface area contributed by atoms with Crippen molar-refractivity contribution in [3.8, 4) is 17.2 Å². The molecule has 5 nitrogen and oxygen atoms in total. The first-order valence-corrected chi connectivity index (χ1v) is 7.22. The first kappa shape index (κ1) is 16.6. The summed E-state index contributed by atoms with van der Waals surface area (Å²) in [6.45, 7) is 9.73. The van der Waals surface area contributed by atoms with Crippen LogP contribution in [0.1, 0.15) is 26.3 Å². The normalized spacial score (nSPS) is 10.4. The standard InChI is InChI=1S/C15H26N2O3/c1-4-18-13-9-12(11-17-8-7-16)10-14(19-5-2)15(13)20-6-3/h9-10,17H,4-8,11,16H2,1-3H3. The van der Waals surface area contributed by atoms with E-state index in [4.69, 9.17) is 19.9 Å². The van der Waals surface area contributed by atoms with Gasteiger partial charge in [-0.15, -0.1) is 0 Å². The van der Waals surface area contributed by atoms with Crippen molar-refractivity contribution in [2.45, 2.75) is 27.3 Å². The van der Waals surface area contributed by atoms with Crippen LogP contribution in [0.25, 0.3) is 0 Å². The highest BCUT2D eigenvalue weighted by Crippen LogP contribution is 2.39. The molecule has 0 heterocycles. The molecule has 0 bridgehead atoms. The van der Waals surface area contributed by atoms with E-state index in [1.807, 2.05) is 32.9 Å². The lowest BCUT2D eigenvalue weighted by atomic mass is 10.1. The van der Waals surface area contributed by atoms with Crippen LogP contribution in [-0.4, -0.2) is 32.9 Å². The number of nitrogens with two attached hydrogens (primary N) is 1. The topological polar surface area (TPSA) is 65.7 Å². The molecule has 1 rings (SSSR count). The first-order valence-electron chi connectivity index (χ1n) is 7.22. The fourth-order valence-electron chi connectivity index (χ4n) is 1.88. The molecule has 0 aliphatic carbocycles. The second kappa shape index (κ2) is 9.44. The van der Waals surface area contributed by atoms with Crippen molar-refractivity contribution < 1.29 is 14.2 Å². The largest absolute Gasteiger partial charge is 0.490 e. The monoisotopic (exact) mass is 282 g/mol. The summed E-state index contributed by atoms with van der Waals surface area (Å²) in [5, 5.41) is 3.26. The Morgan fingerprint density at radius 3 is 1.95 bits per heavy atom. The Bertz CT molecular complexity index is 370. The molecule has 0 amide bonds. The highest BCUT2D eigenvalue weighted by Gasteiger charge is 2.14. The van der Waals surface area contributed by atoms with E-state index in [-0.39, 0.29) is 0 Å². The van der Waals surface area contributed by atoms with E-state index >= 15 is 0 Å². The minimum absolute atomic E-state index is 0.574. The van der Waals surface area contributed by atoms with Gasteiger partial charge in [-0.2, -0.15) is 0 Å². The van der Waals surface area contributed by atoms with Crippen LogP contribution in [0, 0.1) is 0 Å². The average Bonchev–Trinajstić information content (AvgIpc) is 2.43. The van der Waals surface area contributed by atoms with Gasteiger partial charge in [0.05, 0.1) is 19.8 Å². The predicted octanol–water partition coefficient (Wildman–Crippen LogP) is 1.93. The molecule has 0 unspecified atom stereocenters. The van der Waals surface area contributed by atoms with Crippen molar-refractivity contribution in [1.29, 1.82) is 0 Å². The third kappa shape index (κ3) is 4.90. The summed E-state index contributed by atoms with van der Waals surface area (Å²) in [5.74, 6) is 2.13. The van der Waals surface area contributed by atoms with Gasteiger partial charge in [-0.05, 0) is 38.5 Å². The van der Waals surface area contributed by atoms with Gasteiger partial charge in [0, 0.05) is 19.6 Å². The Labute approximate surface area is 121 Å². The molecule has 3 N–H and O–H groups in total. The lowest BCUT2D eigenvalue weighted by Crippen LogP contribution is -2.22. The third-order valence-corrected chi connectivity index (χ3v) is 2.62. The fraction of sp³-hybridized carbons (Fsp3) is 0.600. The van der Waals surface area contributed by atoms with Gasteiger partial charge >= 0.3 is 0 Å². The molecule has 0 atom stereocenters. The van der Waals surface area contributed by atoms with Crippen LogP contribution in [0.5, 0.6) is 17.2 Å². The summed E-state index contributed by atoms with van der Waals surface area (Å²) >= 11 is 0. The number of hydrogen-bond acceptors (Lipinski definition) is 5. The minimum Gasteiger partial charge on any atom is -0.490 e. The number of ether oxygens (including phenoxy) is 3. The van der Waals surface area contributed by atoms with Gasteiger partial charge in [-0.3, -0.25) is 0 Å². The van der Waals surface area contributed by atoms with Crippen molar-refractivity contribution in [3.63, 3.8) is 0 Å². The van der Waals surface area contributed by atoms with Gasteiger partial charge in [0.25, 0.3) is 0 Å². The van der Waals surface area contributed by atoms with Crippen molar-refractivity contribution >= 4 is 0 Å². The summed E-state index contributed by atoms with van der Waals surface area (Å²) in [6, 6.07) is 3.97. The minimum atomic E-state index is 0.574. The van der Waals surface area contributed by atoms with Gasteiger partial charge < -0.3 is 25.3 Å². The number of nitrogens with one attached hydrogen (secondary N) is 1. The number of hydrogen-bond donors (Lipinski definition) is 2. The van der Waals surface area contributed by atoms with Crippen LogP contribution >= 0.6 is 0 Å². The van der Waals surface area contributed by atoms with E-state index in [1.54, 1.807) is 0 Å². The Balaban J connectivity index is 3.01. The molecule has 1 aromatic carbocycles. The molecular formula is C15H26N2O3. The number of rotatable bonds is 10. The molecule has 0 saturated carbocycles. The maximum Gasteiger partial charge on any atom is 0.203 e. The highest BCUT2D eigenvalue weighted by molar-refractivity contribution is 5.54. The average molecular weight is 282 g/mol. The summed E-state index contributed by atoms with van der Waals surface area (Å²) in [6.07, 6.45) is 0. The van der Waals surface area contributed by atoms with Crippen molar-refractivity contribution in [1.82, 2.24) is 5.32 Å². The Morgan fingerprint density at radius 1 is 0.950 bits per heavy atom. The van der Waals surface area contributed by atoms with Gasteiger partial charge in [-0.25, -0.2) is 0 Å². The van der Waals surface area contributed by atoms with Gasteiger partial charge in [0.15, 0.2) is 11.5 Å². The molecule has 0 aliphatic heterocycles.